The van der Waals surface area contributed by atoms with Crippen molar-refractivity contribution in [2.45, 2.75) is 13.0 Å². The highest BCUT2D eigenvalue weighted by molar-refractivity contribution is 5.48. The first-order chi connectivity index (χ1) is 9.60. The SMILES string of the molecule is COc1cccc(COc2ccc(N)cc2C(F)F)c1. The fourth-order valence-corrected chi connectivity index (χ4v) is 1.79. The summed E-state index contributed by atoms with van der Waals surface area (Å²) in [5.74, 6) is 0.828. The zero-order chi connectivity index (χ0) is 14.5. The monoisotopic (exact) mass is 279 g/mol. The second-order valence-electron chi connectivity index (χ2n) is 4.24. The summed E-state index contributed by atoms with van der Waals surface area (Å²) in [5, 5.41) is 0. The molecule has 5 heteroatoms. The second-order valence-corrected chi connectivity index (χ2v) is 4.24. The van der Waals surface area contributed by atoms with Gasteiger partial charge in [-0.15, -0.1) is 0 Å². The molecule has 0 heterocycles. The highest BCUT2D eigenvalue weighted by Gasteiger charge is 2.14. The van der Waals surface area contributed by atoms with E-state index in [1.165, 1.54) is 18.2 Å². The molecular formula is C15H15F2NO2. The minimum Gasteiger partial charge on any atom is -0.497 e. The minimum atomic E-state index is -2.63. The van der Waals surface area contributed by atoms with Crippen molar-refractivity contribution in [1.29, 1.82) is 0 Å². The zero-order valence-electron chi connectivity index (χ0n) is 11.0. The van der Waals surface area contributed by atoms with Gasteiger partial charge >= 0.3 is 0 Å². The minimum absolute atomic E-state index is 0.136. The molecule has 0 aromatic heterocycles. The number of ether oxygens (including phenoxy) is 2. The van der Waals surface area contributed by atoms with Crippen LogP contribution in [0.3, 0.4) is 0 Å². The van der Waals surface area contributed by atoms with Crippen LogP contribution in [0.15, 0.2) is 42.5 Å². The Labute approximate surface area is 115 Å². The molecule has 0 radical (unpaired) electrons. The van der Waals surface area contributed by atoms with E-state index in [0.717, 1.165) is 5.56 Å². The summed E-state index contributed by atoms with van der Waals surface area (Å²) in [5.41, 5.74) is 6.42. The first kappa shape index (κ1) is 14.1. The van der Waals surface area contributed by atoms with Gasteiger partial charge in [0.15, 0.2) is 0 Å². The van der Waals surface area contributed by atoms with Gasteiger partial charge in [-0.05, 0) is 35.9 Å². The molecule has 0 amide bonds. The fourth-order valence-electron chi connectivity index (χ4n) is 1.79. The molecule has 0 aliphatic heterocycles. The topological polar surface area (TPSA) is 44.5 Å². The van der Waals surface area contributed by atoms with Gasteiger partial charge in [0.1, 0.15) is 18.1 Å². The first-order valence-electron chi connectivity index (χ1n) is 6.03. The van der Waals surface area contributed by atoms with E-state index in [1.54, 1.807) is 19.2 Å². The Bertz CT molecular complexity index is 588. The number of benzene rings is 2. The van der Waals surface area contributed by atoms with Gasteiger partial charge in [-0.2, -0.15) is 0 Å². The van der Waals surface area contributed by atoms with Crippen molar-refractivity contribution in [3.05, 3.63) is 53.6 Å². The van der Waals surface area contributed by atoms with E-state index in [0.29, 0.717) is 5.75 Å². The summed E-state index contributed by atoms with van der Waals surface area (Å²) >= 11 is 0. The second kappa shape index (κ2) is 6.23. The average Bonchev–Trinajstić information content (AvgIpc) is 2.46. The number of nitrogens with two attached hydrogens (primary N) is 1. The Morgan fingerprint density at radius 3 is 2.65 bits per heavy atom. The molecule has 0 spiro atoms. The Kier molecular flexibility index (Phi) is 4.40. The smallest absolute Gasteiger partial charge is 0.267 e. The molecule has 0 atom stereocenters. The van der Waals surface area contributed by atoms with E-state index >= 15 is 0 Å². The van der Waals surface area contributed by atoms with Gasteiger partial charge in [0.25, 0.3) is 6.43 Å². The summed E-state index contributed by atoms with van der Waals surface area (Å²) in [6, 6.07) is 11.5. The summed E-state index contributed by atoms with van der Waals surface area (Å²) < 4.78 is 36.3. The summed E-state index contributed by atoms with van der Waals surface area (Å²) in [6.45, 7) is 0.181. The van der Waals surface area contributed by atoms with Crippen LogP contribution in [-0.4, -0.2) is 7.11 Å². The number of halogens is 2. The van der Waals surface area contributed by atoms with Crippen molar-refractivity contribution in [1.82, 2.24) is 0 Å². The lowest BCUT2D eigenvalue weighted by molar-refractivity contribution is 0.144. The quantitative estimate of drug-likeness (QED) is 0.847. The third-order valence-corrected chi connectivity index (χ3v) is 2.80. The van der Waals surface area contributed by atoms with Crippen molar-refractivity contribution in [3.63, 3.8) is 0 Å². The number of methoxy groups -OCH3 is 1. The van der Waals surface area contributed by atoms with Crippen LogP contribution in [-0.2, 0) is 6.61 Å². The molecule has 0 aliphatic carbocycles. The van der Waals surface area contributed by atoms with Crippen LogP contribution >= 0.6 is 0 Å². The molecule has 2 aromatic rings. The number of anilines is 1. The third-order valence-electron chi connectivity index (χ3n) is 2.80. The Morgan fingerprint density at radius 2 is 1.95 bits per heavy atom. The number of hydrogen-bond acceptors (Lipinski definition) is 3. The molecule has 0 saturated carbocycles. The van der Waals surface area contributed by atoms with E-state index in [9.17, 15) is 8.78 Å². The number of hydrogen-bond donors (Lipinski definition) is 1. The van der Waals surface area contributed by atoms with Crippen molar-refractivity contribution in [3.8, 4) is 11.5 Å². The van der Waals surface area contributed by atoms with E-state index in [-0.39, 0.29) is 23.6 Å². The van der Waals surface area contributed by atoms with Gasteiger partial charge in [-0.3, -0.25) is 0 Å². The standard InChI is InChI=1S/C15H15F2NO2/c1-19-12-4-2-3-10(7-12)9-20-14-6-5-11(18)8-13(14)15(16)17/h2-8,15H,9,18H2,1H3. The predicted octanol–water partition coefficient (Wildman–Crippen LogP) is 3.79. The van der Waals surface area contributed by atoms with Crippen LogP contribution in [0, 0.1) is 0 Å². The zero-order valence-corrected chi connectivity index (χ0v) is 11.0. The van der Waals surface area contributed by atoms with Crippen LogP contribution in [0.4, 0.5) is 14.5 Å². The van der Waals surface area contributed by atoms with Gasteiger partial charge in [0.2, 0.25) is 0 Å². The molecular weight excluding hydrogens is 264 g/mol. The number of nitrogen functional groups attached to an aromatic ring is 1. The molecule has 0 saturated heterocycles. The summed E-state index contributed by atoms with van der Waals surface area (Å²) in [7, 11) is 1.56. The van der Waals surface area contributed by atoms with E-state index in [4.69, 9.17) is 15.2 Å². The van der Waals surface area contributed by atoms with Crippen LogP contribution in [0.2, 0.25) is 0 Å². The molecule has 0 bridgehead atoms. The van der Waals surface area contributed by atoms with Gasteiger partial charge in [0.05, 0.1) is 12.7 Å². The molecule has 20 heavy (non-hydrogen) atoms. The lowest BCUT2D eigenvalue weighted by Crippen LogP contribution is -2.00. The predicted molar refractivity (Wildman–Crippen MR) is 73.1 cm³/mol. The van der Waals surface area contributed by atoms with Crippen LogP contribution in [0.5, 0.6) is 11.5 Å². The van der Waals surface area contributed by atoms with E-state index in [2.05, 4.69) is 0 Å². The van der Waals surface area contributed by atoms with Gasteiger partial charge in [0, 0.05) is 5.69 Å². The molecule has 3 nitrogen and oxygen atoms in total. The van der Waals surface area contributed by atoms with Gasteiger partial charge < -0.3 is 15.2 Å². The van der Waals surface area contributed by atoms with Gasteiger partial charge in [-0.25, -0.2) is 8.78 Å². The molecule has 0 aliphatic rings. The van der Waals surface area contributed by atoms with Crippen molar-refractivity contribution >= 4 is 5.69 Å². The number of alkyl halides is 2. The maximum absolute atomic E-state index is 12.9. The van der Waals surface area contributed by atoms with Crippen molar-refractivity contribution < 1.29 is 18.3 Å². The van der Waals surface area contributed by atoms with Crippen molar-refractivity contribution in [2.75, 3.05) is 12.8 Å². The molecule has 106 valence electrons. The number of rotatable bonds is 5. The third kappa shape index (κ3) is 3.38. The Morgan fingerprint density at radius 1 is 1.15 bits per heavy atom. The Hall–Kier alpha value is -2.30. The maximum atomic E-state index is 12.9. The lowest BCUT2D eigenvalue weighted by atomic mass is 10.2. The Balaban J connectivity index is 2.14. The van der Waals surface area contributed by atoms with Crippen LogP contribution < -0.4 is 15.2 Å². The maximum Gasteiger partial charge on any atom is 0.267 e. The highest BCUT2D eigenvalue weighted by Crippen LogP contribution is 2.31. The van der Waals surface area contributed by atoms with E-state index in [1.807, 2.05) is 12.1 Å². The molecule has 0 fully saturated rings. The van der Waals surface area contributed by atoms with Crippen LogP contribution in [0.25, 0.3) is 0 Å². The molecule has 2 rings (SSSR count). The summed E-state index contributed by atoms with van der Waals surface area (Å²) in [4.78, 5) is 0. The normalized spacial score (nSPS) is 10.6. The largest absolute Gasteiger partial charge is 0.497 e. The molecule has 2 N–H and O–H groups in total. The molecule has 2 aromatic carbocycles. The van der Waals surface area contributed by atoms with Crippen LogP contribution in [0.1, 0.15) is 17.6 Å². The highest BCUT2D eigenvalue weighted by atomic mass is 19.3. The average molecular weight is 279 g/mol. The van der Waals surface area contributed by atoms with Crippen molar-refractivity contribution in [2.24, 2.45) is 0 Å². The lowest BCUT2D eigenvalue weighted by Gasteiger charge is -2.12. The first-order valence-corrected chi connectivity index (χ1v) is 6.03. The summed E-state index contributed by atoms with van der Waals surface area (Å²) in [6.07, 6.45) is -2.63. The fraction of sp³-hybridized carbons (Fsp3) is 0.200. The molecule has 0 unspecified atom stereocenters. The van der Waals surface area contributed by atoms with Gasteiger partial charge in [-0.1, -0.05) is 12.1 Å². The van der Waals surface area contributed by atoms with E-state index < -0.39 is 6.43 Å².